The maximum Gasteiger partial charge on any atom is 0.224 e. The summed E-state index contributed by atoms with van der Waals surface area (Å²) in [4.78, 5) is 10.8. The van der Waals surface area contributed by atoms with Crippen LogP contribution in [0.25, 0.3) is 0 Å². The third-order valence-corrected chi connectivity index (χ3v) is 3.17. The molecule has 0 aliphatic carbocycles. The largest absolute Gasteiger partial charge is 0.497 e. The van der Waals surface area contributed by atoms with Crippen molar-refractivity contribution in [2.24, 2.45) is 0 Å². The minimum Gasteiger partial charge on any atom is -0.497 e. The highest BCUT2D eigenvalue weighted by atomic mass is 16.5. The van der Waals surface area contributed by atoms with E-state index in [0.717, 1.165) is 24.5 Å². The molecule has 0 atom stereocenters. The number of likely N-dealkylation sites (N-methyl/N-ethyl adjacent to an activating group) is 1. The summed E-state index contributed by atoms with van der Waals surface area (Å²) in [6, 6.07) is 7.35. The zero-order chi connectivity index (χ0) is 16.7. The molecule has 23 heavy (non-hydrogen) atoms. The summed E-state index contributed by atoms with van der Waals surface area (Å²) in [6.07, 6.45) is 1.71. The molecule has 0 bridgehead atoms. The second kappa shape index (κ2) is 8.19. The number of nitrogens with zero attached hydrogens (tertiary/aromatic N) is 3. The molecule has 1 heterocycles. The fraction of sp³-hybridized carbons (Fsp3) is 0.375. The van der Waals surface area contributed by atoms with Gasteiger partial charge in [-0.3, -0.25) is 0 Å². The zero-order valence-electron chi connectivity index (χ0n) is 14.0. The monoisotopic (exact) mass is 317 g/mol. The summed E-state index contributed by atoms with van der Waals surface area (Å²) in [5.74, 6) is 2.72. The van der Waals surface area contributed by atoms with Crippen molar-refractivity contribution in [2.75, 3.05) is 52.0 Å². The van der Waals surface area contributed by atoms with E-state index in [2.05, 4.69) is 25.5 Å². The number of hydrogen-bond acceptors (Lipinski definition) is 7. The summed E-state index contributed by atoms with van der Waals surface area (Å²) in [6.45, 7) is 1.68. The highest BCUT2D eigenvalue weighted by Crippen LogP contribution is 2.31. The lowest BCUT2D eigenvalue weighted by molar-refractivity contribution is 0.405. The number of rotatable bonds is 8. The van der Waals surface area contributed by atoms with Crippen molar-refractivity contribution in [3.63, 3.8) is 0 Å². The summed E-state index contributed by atoms with van der Waals surface area (Å²) in [5, 5.41) is 6.42. The Hall–Kier alpha value is -2.54. The van der Waals surface area contributed by atoms with Gasteiger partial charge in [-0.2, -0.15) is 4.98 Å². The molecule has 0 aliphatic heterocycles. The molecule has 1 aromatic heterocycles. The minimum absolute atomic E-state index is 0.582. The average Bonchev–Trinajstić information content (AvgIpc) is 2.55. The lowest BCUT2D eigenvalue weighted by Crippen LogP contribution is -2.21. The minimum atomic E-state index is 0.582. The Morgan fingerprint density at radius 1 is 1.13 bits per heavy atom. The van der Waals surface area contributed by atoms with E-state index in [-0.39, 0.29) is 0 Å². The van der Waals surface area contributed by atoms with Crippen molar-refractivity contribution >= 4 is 17.5 Å². The molecule has 2 N–H and O–H groups in total. The number of ether oxygens (including phenoxy) is 2. The molecule has 124 valence electrons. The second-order valence-electron chi connectivity index (χ2n) is 5.19. The van der Waals surface area contributed by atoms with Gasteiger partial charge in [-0.15, -0.1) is 0 Å². The van der Waals surface area contributed by atoms with Gasteiger partial charge in [-0.25, -0.2) is 4.98 Å². The highest BCUT2D eigenvalue weighted by Gasteiger charge is 2.07. The molecule has 2 rings (SSSR count). The van der Waals surface area contributed by atoms with Crippen LogP contribution in [0.15, 0.2) is 30.5 Å². The summed E-state index contributed by atoms with van der Waals surface area (Å²) in [7, 11) is 7.30. The Morgan fingerprint density at radius 3 is 2.65 bits per heavy atom. The molecule has 0 aliphatic rings. The molecule has 0 fully saturated rings. The molecule has 1 aromatic carbocycles. The van der Waals surface area contributed by atoms with Gasteiger partial charge in [0.2, 0.25) is 5.95 Å². The van der Waals surface area contributed by atoms with Gasteiger partial charge in [0.05, 0.1) is 19.9 Å². The maximum atomic E-state index is 5.36. The molecule has 0 unspecified atom stereocenters. The standard InChI is InChI=1S/C16H23N5O2/c1-21(2)10-9-18-16-17-8-7-15(20-16)19-13-11-12(22-3)5-6-14(13)23-4/h5-8,11H,9-10H2,1-4H3,(H2,17,18,19,20). The van der Waals surface area contributed by atoms with Crippen molar-refractivity contribution in [2.45, 2.75) is 0 Å². The van der Waals surface area contributed by atoms with Crippen LogP contribution in [0.1, 0.15) is 0 Å². The van der Waals surface area contributed by atoms with Crippen molar-refractivity contribution in [1.29, 1.82) is 0 Å². The number of methoxy groups -OCH3 is 2. The van der Waals surface area contributed by atoms with Gasteiger partial charge in [0, 0.05) is 25.4 Å². The van der Waals surface area contributed by atoms with E-state index in [1.165, 1.54) is 0 Å². The summed E-state index contributed by atoms with van der Waals surface area (Å²) >= 11 is 0. The quantitative estimate of drug-likeness (QED) is 0.773. The molecular formula is C16H23N5O2. The van der Waals surface area contributed by atoms with E-state index in [1.54, 1.807) is 26.5 Å². The fourth-order valence-electron chi connectivity index (χ4n) is 1.95. The predicted molar refractivity (Wildman–Crippen MR) is 91.9 cm³/mol. The molecular weight excluding hydrogens is 294 g/mol. The van der Waals surface area contributed by atoms with Gasteiger partial charge in [0.25, 0.3) is 0 Å². The first-order chi connectivity index (χ1) is 11.1. The van der Waals surface area contributed by atoms with E-state index in [9.17, 15) is 0 Å². The van der Waals surface area contributed by atoms with Gasteiger partial charge in [-0.1, -0.05) is 0 Å². The molecule has 2 aromatic rings. The molecule has 0 radical (unpaired) electrons. The Bertz CT molecular complexity index is 634. The maximum absolute atomic E-state index is 5.36. The SMILES string of the molecule is COc1ccc(OC)c(Nc2ccnc(NCCN(C)C)n2)c1. The van der Waals surface area contributed by atoms with Crippen LogP contribution in [0.4, 0.5) is 17.5 Å². The van der Waals surface area contributed by atoms with Crippen LogP contribution < -0.4 is 20.1 Å². The van der Waals surface area contributed by atoms with Crippen LogP contribution in [-0.4, -0.2) is 56.3 Å². The van der Waals surface area contributed by atoms with Crippen LogP contribution >= 0.6 is 0 Å². The van der Waals surface area contributed by atoms with Gasteiger partial charge in [0.1, 0.15) is 17.3 Å². The summed E-state index contributed by atoms with van der Waals surface area (Å²) in [5.41, 5.74) is 0.782. The van der Waals surface area contributed by atoms with Gasteiger partial charge < -0.3 is 25.0 Å². The Morgan fingerprint density at radius 2 is 1.96 bits per heavy atom. The van der Waals surface area contributed by atoms with Crippen LogP contribution in [0.2, 0.25) is 0 Å². The molecule has 7 heteroatoms. The Balaban J connectivity index is 2.11. The topological polar surface area (TPSA) is 71.5 Å². The van der Waals surface area contributed by atoms with Crippen LogP contribution in [0, 0.1) is 0 Å². The van der Waals surface area contributed by atoms with Crippen molar-refractivity contribution in [3.05, 3.63) is 30.5 Å². The van der Waals surface area contributed by atoms with Crippen LogP contribution in [-0.2, 0) is 0 Å². The number of benzene rings is 1. The van der Waals surface area contributed by atoms with E-state index in [0.29, 0.717) is 17.5 Å². The van der Waals surface area contributed by atoms with Gasteiger partial charge in [-0.05, 0) is 32.3 Å². The third kappa shape index (κ3) is 5.00. The summed E-state index contributed by atoms with van der Waals surface area (Å²) < 4.78 is 10.6. The van der Waals surface area contributed by atoms with Crippen LogP contribution in [0.3, 0.4) is 0 Å². The van der Waals surface area contributed by atoms with Crippen molar-refractivity contribution in [1.82, 2.24) is 14.9 Å². The fourth-order valence-corrected chi connectivity index (χ4v) is 1.95. The number of anilines is 3. The smallest absolute Gasteiger partial charge is 0.224 e. The normalized spacial score (nSPS) is 10.5. The molecule has 0 amide bonds. The first-order valence-corrected chi connectivity index (χ1v) is 7.33. The molecule has 0 spiro atoms. The second-order valence-corrected chi connectivity index (χ2v) is 5.19. The van der Waals surface area contributed by atoms with Crippen molar-refractivity contribution < 1.29 is 9.47 Å². The highest BCUT2D eigenvalue weighted by molar-refractivity contribution is 5.66. The van der Waals surface area contributed by atoms with E-state index in [1.807, 2.05) is 32.3 Å². The van der Waals surface area contributed by atoms with Gasteiger partial charge in [0.15, 0.2) is 0 Å². The molecule has 7 nitrogen and oxygen atoms in total. The first kappa shape index (κ1) is 16.8. The lowest BCUT2D eigenvalue weighted by Gasteiger charge is -2.13. The number of hydrogen-bond donors (Lipinski definition) is 2. The predicted octanol–water partition coefficient (Wildman–Crippen LogP) is 2.21. The zero-order valence-corrected chi connectivity index (χ0v) is 14.0. The average molecular weight is 317 g/mol. The van der Waals surface area contributed by atoms with E-state index < -0.39 is 0 Å². The van der Waals surface area contributed by atoms with Crippen LogP contribution in [0.5, 0.6) is 11.5 Å². The Kier molecular flexibility index (Phi) is 5.99. The van der Waals surface area contributed by atoms with E-state index >= 15 is 0 Å². The van der Waals surface area contributed by atoms with Crippen molar-refractivity contribution in [3.8, 4) is 11.5 Å². The van der Waals surface area contributed by atoms with E-state index in [4.69, 9.17) is 9.47 Å². The molecule has 0 saturated heterocycles. The van der Waals surface area contributed by atoms with Gasteiger partial charge >= 0.3 is 0 Å². The number of nitrogens with one attached hydrogen (secondary N) is 2. The number of aromatic nitrogens is 2. The third-order valence-electron chi connectivity index (χ3n) is 3.17. The first-order valence-electron chi connectivity index (χ1n) is 7.33. The lowest BCUT2D eigenvalue weighted by atomic mass is 10.2. The Labute approximate surface area is 136 Å². The molecule has 0 saturated carbocycles.